The quantitative estimate of drug-likeness (QED) is 0.0537. The van der Waals surface area contributed by atoms with Crippen LogP contribution in [0, 0.1) is 0 Å². The summed E-state index contributed by atoms with van der Waals surface area (Å²) in [6.07, 6.45) is 6.52. The van der Waals surface area contributed by atoms with Gasteiger partial charge in [0.1, 0.15) is 11.6 Å². The zero-order valence-electron chi connectivity index (χ0n) is 28.6. The smallest absolute Gasteiger partial charge is 0.282 e. The average Bonchev–Trinajstić information content (AvgIpc) is 3.61. The third-order valence-corrected chi connectivity index (χ3v) is 9.51. The van der Waals surface area contributed by atoms with E-state index in [1.165, 1.54) is 11.0 Å². The normalized spacial score (nSPS) is 14.3. The third kappa shape index (κ3) is 8.26. The van der Waals surface area contributed by atoms with E-state index in [9.17, 15) is 0 Å². The van der Waals surface area contributed by atoms with Crippen molar-refractivity contribution in [1.82, 2.24) is 19.5 Å². The number of imidazole rings is 1. The molecule has 0 saturated carbocycles. The van der Waals surface area contributed by atoms with Gasteiger partial charge in [0.25, 0.3) is 5.82 Å². The van der Waals surface area contributed by atoms with Gasteiger partial charge in [-0.3, -0.25) is 0 Å². The maximum absolute atomic E-state index is 6.02. The molecule has 1 aliphatic heterocycles. The van der Waals surface area contributed by atoms with E-state index in [-0.39, 0.29) is 24.3 Å². The number of hydrogen-bond donors (Lipinski definition) is 0. The standard InChI is InChI=1S/C37H36Cl6N7O2/c1-4-47-27-12-7-8-13-28(27)48(5-2)31(47)16-11-17-32-49(6-3)29-14-9-10-15-30(29)50(32)22-23-51-24-52-26-20-18-25(19-21-26)33-44-34(36(38,39)40)46-35(45-33)37(41,42)43/h7-21H,4-6,22-24H2,1-3H3/q+1. The molecule has 0 radical (unpaired) electrons. The summed E-state index contributed by atoms with van der Waals surface area (Å²) in [5, 5.41) is 0. The second-order valence-electron chi connectivity index (χ2n) is 11.6. The van der Waals surface area contributed by atoms with Crippen molar-refractivity contribution in [2.45, 2.75) is 41.4 Å². The second kappa shape index (κ2) is 16.4. The van der Waals surface area contributed by atoms with E-state index in [1.807, 2.05) is 0 Å². The van der Waals surface area contributed by atoms with Gasteiger partial charge in [-0.25, -0.2) is 24.1 Å². The van der Waals surface area contributed by atoms with E-state index in [0.717, 1.165) is 42.7 Å². The molecule has 0 unspecified atom stereocenters. The van der Waals surface area contributed by atoms with E-state index < -0.39 is 7.59 Å². The first-order chi connectivity index (χ1) is 24.9. The summed E-state index contributed by atoms with van der Waals surface area (Å²) in [5.41, 5.74) is 5.32. The van der Waals surface area contributed by atoms with E-state index in [1.54, 1.807) is 24.3 Å². The topological polar surface area (TPSA) is 72.4 Å². The number of benzene rings is 3. The molecule has 0 spiro atoms. The minimum atomic E-state index is -1.95. The fourth-order valence-corrected chi connectivity index (χ4v) is 6.73. The molecular formula is C37H36Cl6N7O2+. The molecule has 0 amide bonds. The number of hydrogen-bond acceptors (Lipinski definition) is 7. The lowest BCUT2D eigenvalue weighted by molar-refractivity contribution is -0.670. The predicted molar refractivity (Wildman–Crippen MR) is 213 cm³/mol. The van der Waals surface area contributed by atoms with Gasteiger partial charge in [0, 0.05) is 24.7 Å². The molecule has 15 heteroatoms. The van der Waals surface area contributed by atoms with Crippen LogP contribution in [0.5, 0.6) is 5.75 Å². The number of nitrogens with zero attached hydrogens (tertiary/aromatic N) is 7. The van der Waals surface area contributed by atoms with Crippen LogP contribution < -0.4 is 19.1 Å². The zero-order valence-corrected chi connectivity index (χ0v) is 33.2. The van der Waals surface area contributed by atoms with E-state index >= 15 is 0 Å². The number of rotatable bonds is 12. The van der Waals surface area contributed by atoms with Crippen molar-refractivity contribution in [1.29, 1.82) is 0 Å². The van der Waals surface area contributed by atoms with Crippen molar-refractivity contribution in [2.24, 2.45) is 0 Å². The van der Waals surface area contributed by atoms with E-state index in [4.69, 9.17) is 79.1 Å². The highest BCUT2D eigenvalue weighted by Crippen LogP contribution is 2.42. The summed E-state index contributed by atoms with van der Waals surface area (Å²) >= 11 is 36.1. The Labute approximate surface area is 332 Å². The fraction of sp³-hybridized carbons (Fsp3) is 0.297. The van der Waals surface area contributed by atoms with Gasteiger partial charge in [0.15, 0.2) is 35.3 Å². The highest BCUT2D eigenvalue weighted by Gasteiger charge is 2.34. The summed E-state index contributed by atoms with van der Waals surface area (Å²) in [6.45, 7) is 10.2. The van der Waals surface area contributed by atoms with Crippen LogP contribution in [0.4, 0.5) is 11.4 Å². The molecule has 0 fully saturated rings. The summed E-state index contributed by atoms with van der Waals surface area (Å²) in [6, 6.07) is 23.9. The maximum atomic E-state index is 6.02. The molecule has 3 aromatic carbocycles. The zero-order chi connectivity index (χ0) is 37.0. The molecule has 2 aromatic heterocycles. The predicted octanol–water partition coefficient (Wildman–Crippen LogP) is 9.73. The summed E-state index contributed by atoms with van der Waals surface area (Å²) in [4.78, 5) is 17.1. The largest absolute Gasteiger partial charge is 0.468 e. The third-order valence-electron chi connectivity index (χ3n) is 8.50. The van der Waals surface area contributed by atoms with Gasteiger partial charge >= 0.3 is 0 Å². The molecule has 1 aliphatic rings. The van der Waals surface area contributed by atoms with Crippen molar-refractivity contribution >= 4 is 98.1 Å². The number of halogens is 6. The van der Waals surface area contributed by atoms with Crippen molar-refractivity contribution in [3.8, 4) is 17.1 Å². The van der Waals surface area contributed by atoms with Crippen LogP contribution in [0.15, 0.2) is 90.8 Å². The van der Waals surface area contributed by atoms with Crippen LogP contribution in [0.1, 0.15) is 38.2 Å². The molecule has 5 aromatic rings. The Morgan fingerprint density at radius 2 is 1.38 bits per heavy atom. The van der Waals surface area contributed by atoms with Gasteiger partial charge in [0.2, 0.25) is 7.59 Å². The number of aromatic nitrogens is 5. The van der Waals surface area contributed by atoms with Gasteiger partial charge in [-0.1, -0.05) is 99.9 Å². The summed E-state index contributed by atoms with van der Waals surface area (Å²) in [7, 11) is 0. The van der Waals surface area contributed by atoms with Crippen molar-refractivity contribution < 1.29 is 14.0 Å². The van der Waals surface area contributed by atoms with Gasteiger partial charge in [-0.2, -0.15) is 0 Å². The molecule has 9 nitrogen and oxygen atoms in total. The minimum Gasteiger partial charge on any atom is -0.468 e. The second-order valence-corrected chi connectivity index (χ2v) is 16.2. The number of alkyl halides is 6. The number of para-hydroxylation sites is 4. The molecular weight excluding hydrogens is 787 g/mol. The van der Waals surface area contributed by atoms with Crippen LogP contribution in [-0.4, -0.2) is 46.0 Å². The van der Waals surface area contributed by atoms with Crippen LogP contribution in [0.25, 0.3) is 28.5 Å². The summed E-state index contributed by atoms with van der Waals surface area (Å²) < 4.78 is 12.7. The average molecular weight is 823 g/mol. The maximum Gasteiger partial charge on any atom is 0.282 e. The Morgan fingerprint density at radius 1 is 0.750 bits per heavy atom. The molecule has 0 saturated heterocycles. The first-order valence-electron chi connectivity index (χ1n) is 16.7. The number of ether oxygens (including phenoxy) is 2. The Kier molecular flexibility index (Phi) is 12.1. The molecule has 0 atom stereocenters. The Hall–Kier alpha value is -3.28. The molecule has 52 heavy (non-hydrogen) atoms. The first-order valence-corrected chi connectivity index (χ1v) is 19.0. The van der Waals surface area contributed by atoms with Gasteiger partial charge in [-0.05, 0) is 75.4 Å². The first kappa shape index (κ1) is 38.4. The van der Waals surface area contributed by atoms with Gasteiger partial charge < -0.3 is 19.3 Å². The van der Waals surface area contributed by atoms with Crippen molar-refractivity contribution in [3.63, 3.8) is 0 Å². The highest BCUT2D eigenvalue weighted by molar-refractivity contribution is 6.67. The number of fused-ring (bicyclic) bond motifs is 2. The molecule has 6 rings (SSSR count). The minimum absolute atomic E-state index is 0.0461. The molecule has 272 valence electrons. The molecule has 0 aliphatic carbocycles. The lowest BCUT2D eigenvalue weighted by atomic mass is 10.2. The van der Waals surface area contributed by atoms with Gasteiger partial charge in [0.05, 0.1) is 31.1 Å². The van der Waals surface area contributed by atoms with E-state index in [2.05, 4.69) is 121 Å². The Balaban J connectivity index is 1.13. The molecule has 0 N–H and O–H groups in total. The monoisotopic (exact) mass is 820 g/mol. The van der Waals surface area contributed by atoms with E-state index in [0.29, 0.717) is 24.5 Å². The Morgan fingerprint density at radius 3 is 2.00 bits per heavy atom. The van der Waals surface area contributed by atoms with Crippen molar-refractivity contribution in [3.05, 3.63) is 108 Å². The van der Waals surface area contributed by atoms with Crippen LogP contribution >= 0.6 is 69.6 Å². The number of anilines is 2. The SMILES string of the molecule is CCN1C(=CC=Cc2n(CC)c3ccccc3[n+]2CC)N(CCOCOc2ccc(-c3nc(C(Cl)(Cl)Cl)nc(C(Cl)(Cl)Cl)n3)cc2)c2ccccc21. The fourth-order valence-electron chi connectivity index (χ4n) is 6.22. The van der Waals surface area contributed by atoms with Crippen LogP contribution in [-0.2, 0) is 25.4 Å². The van der Waals surface area contributed by atoms with Gasteiger partial charge in [-0.15, -0.1) is 0 Å². The Bertz CT molecular complexity index is 2020. The highest BCUT2D eigenvalue weighted by atomic mass is 35.6. The molecule has 3 heterocycles. The number of aryl methyl sites for hydroxylation is 2. The molecule has 0 bridgehead atoms. The van der Waals surface area contributed by atoms with Crippen LogP contribution in [0.3, 0.4) is 0 Å². The summed E-state index contributed by atoms with van der Waals surface area (Å²) in [5.74, 6) is 2.65. The lowest BCUT2D eigenvalue weighted by Crippen LogP contribution is -2.35. The number of allylic oxidation sites excluding steroid dienone is 2. The van der Waals surface area contributed by atoms with Crippen LogP contribution in [0.2, 0.25) is 0 Å². The lowest BCUT2D eigenvalue weighted by Gasteiger charge is -2.24. The van der Waals surface area contributed by atoms with Crippen molar-refractivity contribution in [2.75, 3.05) is 36.3 Å².